The van der Waals surface area contributed by atoms with Crippen LogP contribution >= 0.6 is 0 Å². The van der Waals surface area contributed by atoms with Gasteiger partial charge in [0.15, 0.2) is 0 Å². The van der Waals surface area contributed by atoms with Crippen molar-refractivity contribution in [3.05, 3.63) is 94.5 Å². The average molecular weight is 697 g/mol. The Kier molecular flexibility index (Phi) is 11.5. The van der Waals surface area contributed by atoms with Gasteiger partial charge in [-0.3, -0.25) is 6.08 Å². The molecule has 6 aliphatic rings. The Bertz CT molecular complexity index is 1320. The molecule has 0 bridgehead atoms. The Morgan fingerprint density at radius 3 is 2.14 bits per heavy atom. The quantitative estimate of drug-likeness (QED) is 0.275. The molecule has 0 N–H and O–H groups in total. The zero-order valence-electron chi connectivity index (χ0n) is 27.2. The van der Waals surface area contributed by atoms with E-state index < -0.39 is 0 Å². The Morgan fingerprint density at radius 2 is 1.60 bits per heavy atom. The Hall–Kier alpha value is -0.530. The maximum absolute atomic E-state index is 2.99. The summed E-state index contributed by atoms with van der Waals surface area (Å²) in [6.07, 6.45) is 21.6. The van der Waals surface area contributed by atoms with Crippen molar-refractivity contribution >= 4 is 11.0 Å². The summed E-state index contributed by atoms with van der Waals surface area (Å²) in [7, 11) is 0. The molecule has 0 spiro atoms. The van der Waals surface area contributed by atoms with Gasteiger partial charge in [-0.2, -0.15) is 17.2 Å². The molecule has 1 saturated heterocycles. The Labute approximate surface area is 285 Å². The second kappa shape index (κ2) is 13.4. The Morgan fingerprint density at radius 1 is 0.929 bits per heavy atom. The van der Waals surface area contributed by atoms with E-state index in [4.69, 9.17) is 0 Å². The van der Waals surface area contributed by atoms with Crippen LogP contribution in [-0.2, 0) is 29.8 Å². The number of rotatable bonds is 0. The minimum absolute atomic E-state index is 0. The molecule has 0 nitrogen and oxygen atoms in total. The zero-order valence-corrected chi connectivity index (χ0v) is 32.2. The van der Waals surface area contributed by atoms with Gasteiger partial charge in [-0.05, 0) is 40.6 Å². The average Bonchev–Trinajstić information content (AvgIpc) is 3.71. The van der Waals surface area contributed by atoms with Gasteiger partial charge in [0.2, 0.25) is 0 Å². The van der Waals surface area contributed by atoms with Gasteiger partial charge >= 0.3 is 53.7 Å². The van der Waals surface area contributed by atoms with Crippen LogP contribution in [0.5, 0.6) is 0 Å². The van der Waals surface area contributed by atoms with Crippen molar-refractivity contribution in [2.45, 2.75) is 106 Å². The third-order valence-corrected chi connectivity index (χ3v) is 18.2. The first-order valence-electron chi connectivity index (χ1n) is 15.7. The summed E-state index contributed by atoms with van der Waals surface area (Å²) in [4.78, 5) is 0. The van der Waals surface area contributed by atoms with Gasteiger partial charge in [0, 0.05) is 0 Å². The summed E-state index contributed by atoms with van der Waals surface area (Å²) in [5, 5.41) is 0. The first-order chi connectivity index (χ1) is 18.9. The SMILES string of the molecule is C[C-]1C2=C3Cc4ccccc4C3=C3C=CCCC3C2(C)C(C)(C)C(C)(C)C1(C)C.[C-]1=CC=CC1.[Cl-].[Cl-].[Zr+2]=[Si]1CCCC1. The van der Waals surface area contributed by atoms with Gasteiger partial charge in [-0.25, -0.2) is 18.1 Å². The predicted molar refractivity (Wildman–Crippen MR) is 170 cm³/mol. The summed E-state index contributed by atoms with van der Waals surface area (Å²) >= 11 is 1.87. The number of hydrogen-bond acceptors (Lipinski definition) is 0. The van der Waals surface area contributed by atoms with Gasteiger partial charge in [0.05, 0.1) is 0 Å². The molecule has 2 atom stereocenters. The molecular weight excluding hydrogens is 647 g/mol. The van der Waals surface area contributed by atoms with Crippen molar-refractivity contribution in [3.8, 4) is 0 Å². The molecule has 1 aromatic rings. The van der Waals surface area contributed by atoms with E-state index in [1.54, 1.807) is 53.1 Å². The molecule has 0 amide bonds. The van der Waals surface area contributed by atoms with Crippen molar-refractivity contribution in [3.63, 3.8) is 0 Å². The molecule has 226 valence electrons. The fourth-order valence-corrected chi connectivity index (χ4v) is 12.9. The van der Waals surface area contributed by atoms with E-state index in [0.717, 1.165) is 12.8 Å². The van der Waals surface area contributed by atoms with Crippen LogP contribution in [0, 0.1) is 39.6 Å². The third kappa shape index (κ3) is 5.56. The first kappa shape index (κ1) is 35.9. The van der Waals surface area contributed by atoms with E-state index in [2.05, 4.69) is 104 Å². The second-order valence-electron chi connectivity index (χ2n) is 14.6. The number of benzene rings is 1. The van der Waals surface area contributed by atoms with Crippen LogP contribution in [0.4, 0.5) is 0 Å². The van der Waals surface area contributed by atoms with Crippen LogP contribution < -0.4 is 24.8 Å². The normalized spacial score (nSPS) is 28.3. The maximum atomic E-state index is 2.99. The molecule has 4 heteroatoms. The molecule has 7 rings (SSSR count). The molecule has 1 heterocycles. The van der Waals surface area contributed by atoms with E-state index in [0.29, 0.717) is 11.4 Å². The predicted octanol–water partition coefficient (Wildman–Crippen LogP) is 4.60. The van der Waals surface area contributed by atoms with Crippen molar-refractivity contribution < 1.29 is 48.1 Å². The van der Waals surface area contributed by atoms with Gasteiger partial charge in [0.25, 0.3) is 0 Å². The number of fused-ring (bicyclic) bond motifs is 6. The van der Waals surface area contributed by atoms with Crippen LogP contribution in [0.3, 0.4) is 0 Å². The number of allylic oxidation sites excluding steroid dienone is 10. The van der Waals surface area contributed by atoms with Gasteiger partial charge in [-0.15, -0.1) is 13.3 Å². The third-order valence-electron chi connectivity index (χ3n) is 12.6. The summed E-state index contributed by atoms with van der Waals surface area (Å²) in [5.41, 5.74) is 10.6. The molecule has 0 radical (unpaired) electrons. The van der Waals surface area contributed by atoms with E-state index in [9.17, 15) is 0 Å². The summed E-state index contributed by atoms with van der Waals surface area (Å²) in [6, 6.07) is 12.4. The number of hydrogen-bond donors (Lipinski definition) is 0. The van der Waals surface area contributed by atoms with Crippen molar-refractivity contribution in [1.82, 2.24) is 0 Å². The summed E-state index contributed by atoms with van der Waals surface area (Å²) in [6.45, 7) is 20.3. The standard InChI is InChI=1S/C29H37.C5H5.C4H8Si.2ClH.Zr/c1-18-25-22-17-19-13-9-10-14-20(19)24(22)21-15-11-12-16-23(21)29(25,8)28(6,7)27(4,5)26(18,2)3;2*1-2-4-5-3-1;;;/h9-11,13-15,23H,12,16-17H2,1-8H3;1-3H,4H2;1-4H2;2*1H;/q2*-1;;;;+2/p-2. The molecule has 1 aliphatic heterocycles. The second-order valence-corrected chi connectivity index (χ2v) is 22.0. The number of halogens is 2. The minimum atomic E-state index is 0. The summed E-state index contributed by atoms with van der Waals surface area (Å²) < 4.78 is 0. The van der Waals surface area contributed by atoms with E-state index in [1.165, 1.54) is 24.0 Å². The molecule has 42 heavy (non-hydrogen) atoms. The molecule has 2 fully saturated rings. The van der Waals surface area contributed by atoms with Crippen LogP contribution in [0.15, 0.2) is 71.4 Å². The van der Waals surface area contributed by atoms with Gasteiger partial charge in [0.1, 0.15) is 0 Å². The zero-order chi connectivity index (χ0) is 28.9. The Balaban J connectivity index is 0.000000312. The van der Waals surface area contributed by atoms with Crippen LogP contribution in [0.1, 0.15) is 98.6 Å². The molecule has 5 aliphatic carbocycles. The van der Waals surface area contributed by atoms with Crippen molar-refractivity contribution in [2.24, 2.45) is 27.6 Å². The van der Waals surface area contributed by atoms with Crippen LogP contribution in [0.25, 0.3) is 5.57 Å². The molecule has 2 unspecified atom stereocenters. The molecular formula is C38H50Cl2SiZr-2. The van der Waals surface area contributed by atoms with Crippen molar-refractivity contribution in [1.29, 1.82) is 0 Å². The molecule has 1 aromatic carbocycles. The first-order valence-corrected chi connectivity index (χ1v) is 21.3. The molecule has 1 saturated carbocycles. The van der Waals surface area contributed by atoms with Crippen molar-refractivity contribution in [2.75, 3.05) is 0 Å². The van der Waals surface area contributed by atoms with E-state index in [-0.39, 0.29) is 46.5 Å². The summed E-state index contributed by atoms with van der Waals surface area (Å²) in [5.74, 6) is 2.24. The van der Waals surface area contributed by atoms with Gasteiger partial charge < -0.3 is 24.8 Å². The van der Waals surface area contributed by atoms with E-state index >= 15 is 0 Å². The fourth-order valence-electron chi connectivity index (χ4n) is 8.71. The van der Waals surface area contributed by atoms with Gasteiger partial charge in [-0.1, -0.05) is 113 Å². The fraction of sp³-hybridized carbons (Fsp3) is 0.553. The monoisotopic (exact) mass is 694 g/mol. The van der Waals surface area contributed by atoms with Crippen LogP contribution in [0.2, 0.25) is 12.1 Å². The molecule has 0 aromatic heterocycles. The van der Waals surface area contributed by atoms with E-state index in [1.807, 2.05) is 35.5 Å². The topological polar surface area (TPSA) is 0 Å². The van der Waals surface area contributed by atoms with Crippen LogP contribution in [-0.4, -0.2) is 5.43 Å².